The molecule has 0 N–H and O–H groups in total. The summed E-state index contributed by atoms with van der Waals surface area (Å²) in [6, 6.07) is 13.7. The number of para-hydroxylation sites is 1. The maximum Gasteiger partial charge on any atom is 0.226 e. The highest BCUT2D eigenvalue weighted by Gasteiger charge is 2.40. The number of rotatable bonds is 6. The lowest BCUT2D eigenvalue weighted by Crippen LogP contribution is -2.42. The standard InChI is InChI=1S/C25H31N3O3/c1-19(29)28-16-22(18-31-23-5-3-2-4-6-23)24(17-28)21-9-13-27(14-10-21)25(30)15-20-7-11-26-12-8-20/h2-8,11-12,21-22,24H,9-10,13-18H2,1H3/t22-,24-/m0/s1. The SMILES string of the molecule is CC(=O)N1C[C@@H](COc2ccccc2)[C@H](C2CCN(C(=O)Cc3ccncc3)CC2)C1. The normalized spacial score (nSPS) is 21.8. The van der Waals surface area contributed by atoms with Gasteiger partial charge in [0.1, 0.15) is 5.75 Å². The topological polar surface area (TPSA) is 62.7 Å². The molecule has 6 heteroatoms. The zero-order valence-corrected chi connectivity index (χ0v) is 18.2. The molecular formula is C25H31N3O3. The van der Waals surface area contributed by atoms with Crippen LogP contribution >= 0.6 is 0 Å². The van der Waals surface area contributed by atoms with E-state index in [4.69, 9.17) is 4.74 Å². The molecule has 0 saturated carbocycles. The molecule has 2 aliphatic rings. The van der Waals surface area contributed by atoms with Crippen LogP contribution in [0.4, 0.5) is 0 Å². The van der Waals surface area contributed by atoms with E-state index in [1.807, 2.05) is 52.3 Å². The molecule has 2 aromatic rings. The lowest BCUT2D eigenvalue weighted by molar-refractivity contribution is -0.132. The molecule has 0 spiro atoms. The average molecular weight is 422 g/mol. The molecule has 2 fully saturated rings. The van der Waals surface area contributed by atoms with E-state index in [9.17, 15) is 9.59 Å². The van der Waals surface area contributed by atoms with Crippen LogP contribution in [0.2, 0.25) is 0 Å². The summed E-state index contributed by atoms with van der Waals surface area (Å²) in [4.78, 5) is 32.7. The van der Waals surface area contributed by atoms with Crippen molar-refractivity contribution in [1.29, 1.82) is 0 Å². The number of nitrogens with zero attached hydrogens (tertiary/aromatic N) is 3. The Kier molecular flexibility index (Phi) is 6.85. The van der Waals surface area contributed by atoms with E-state index >= 15 is 0 Å². The lowest BCUT2D eigenvalue weighted by atomic mass is 9.78. The van der Waals surface area contributed by atoms with Gasteiger partial charge in [-0.15, -0.1) is 0 Å². The minimum absolute atomic E-state index is 0.136. The van der Waals surface area contributed by atoms with Gasteiger partial charge in [-0.2, -0.15) is 0 Å². The highest BCUT2D eigenvalue weighted by atomic mass is 16.5. The number of amides is 2. The molecule has 0 bridgehead atoms. The van der Waals surface area contributed by atoms with Crippen LogP contribution in [0.5, 0.6) is 5.75 Å². The van der Waals surface area contributed by atoms with Crippen LogP contribution in [0, 0.1) is 17.8 Å². The minimum atomic E-state index is 0.136. The molecule has 1 aromatic heterocycles. The van der Waals surface area contributed by atoms with E-state index in [2.05, 4.69) is 4.98 Å². The molecule has 3 heterocycles. The summed E-state index contributed by atoms with van der Waals surface area (Å²) >= 11 is 0. The van der Waals surface area contributed by atoms with E-state index in [1.165, 1.54) is 0 Å². The molecule has 2 saturated heterocycles. The number of carbonyl (C=O) groups excluding carboxylic acids is 2. The van der Waals surface area contributed by atoms with Gasteiger partial charge < -0.3 is 14.5 Å². The van der Waals surface area contributed by atoms with Gasteiger partial charge in [0.2, 0.25) is 11.8 Å². The van der Waals surface area contributed by atoms with Crippen LogP contribution in [0.15, 0.2) is 54.9 Å². The average Bonchev–Trinajstić information content (AvgIpc) is 3.24. The summed E-state index contributed by atoms with van der Waals surface area (Å²) in [5.74, 6) is 2.46. The first kappa shape index (κ1) is 21.3. The molecule has 6 nitrogen and oxygen atoms in total. The summed E-state index contributed by atoms with van der Waals surface area (Å²) in [6.45, 7) is 5.41. The highest BCUT2D eigenvalue weighted by Crippen LogP contribution is 2.36. The van der Waals surface area contributed by atoms with Crippen molar-refractivity contribution in [2.45, 2.75) is 26.2 Å². The third-order valence-electron chi connectivity index (χ3n) is 6.75. The van der Waals surface area contributed by atoms with Crippen molar-refractivity contribution in [3.63, 3.8) is 0 Å². The van der Waals surface area contributed by atoms with Gasteiger partial charge in [-0.25, -0.2) is 0 Å². The Morgan fingerprint density at radius 3 is 2.39 bits per heavy atom. The number of hydrogen-bond donors (Lipinski definition) is 0. The van der Waals surface area contributed by atoms with Crippen LogP contribution < -0.4 is 4.74 Å². The largest absolute Gasteiger partial charge is 0.493 e. The number of benzene rings is 1. The van der Waals surface area contributed by atoms with Gasteiger partial charge in [-0.1, -0.05) is 18.2 Å². The second-order valence-electron chi connectivity index (χ2n) is 8.72. The van der Waals surface area contributed by atoms with Crippen LogP contribution in [0.25, 0.3) is 0 Å². The van der Waals surface area contributed by atoms with Crippen molar-refractivity contribution in [2.24, 2.45) is 17.8 Å². The van der Waals surface area contributed by atoms with Crippen molar-refractivity contribution >= 4 is 11.8 Å². The van der Waals surface area contributed by atoms with Gasteiger partial charge in [0.15, 0.2) is 0 Å². The van der Waals surface area contributed by atoms with E-state index in [0.717, 1.165) is 50.3 Å². The van der Waals surface area contributed by atoms with Crippen LogP contribution in [0.1, 0.15) is 25.3 Å². The van der Waals surface area contributed by atoms with Crippen molar-refractivity contribution < 1.29 is 14.3 Å². The summed E-state index contributed by atoms with van der Waals surface area (Å²) in [6.07, 6.45) is 5.86. The Morgan fingerprint density at radius 1 is 1.00 bits per heavy atom. The number of piperidine rings is 1. The van der Waals surface area contributed by atoms with E-state index in [-0.39, 0.29) is 11.8 Å². The van der Waals surface area contributed by atoms with Crippen molar-refractivity contribution in [1.82, 2.24) is 14.8 Å². The highest BCUT2D eigenvalue weighted by molar-refractivity contribution is 5.78. The summed E-state index contributed by atoms with van der Waals surface area (Å²) < 4.78 is 6.06. The van der Waals surface area contributed by atoms with Gasteiger partial charge in [-0.3, -0.25) is 14.6 Å². The van der Waals surface area contributed by atoms with Crippen molar-refractivity contribution in [2.75, 3.05) is 32.8 Å². The van der Waals surface area contributed by atoms with Crippen LogP contribution in [-0.2, 0) is 16.0 Å². The molecule has 4 rings (SSSR count). The number of likely N-dealkylation sites (tertiary alicyclic amines) is 2. The van der Waals surface area contributed by atoms with Crippen LogP contribution in [0.3, 0.4) is 0 Å². The maximum atomic E-state index is 12.7. The van der Waals surface area contributed by atoms with Gasteiger partial charge >= 0.3 is 0 Å². The summed E-state index contributed by atoms with van der Waals surface area (Å²) in [5.41, 5.74) is 1.01. The second kappa shape index (κ2) is 9.94. The first-order valence-corrected chi connectivity index (χ1v) is 11.2. The Morgan fingerprint density at radius 2 is 1.71 bits per heavy atom. The van der Waals surface area contributed by atoms with Crippen molar-refractivity contribution in [3.8, 4) is 5.75 Å². The molecule has 0 unspecified atom stereocenters. The molecule has 2 aliphatic heterocycles. The van der Waals surface area contributed by atoms with Crippen LogP contribution in [-0.4, -0.2) is 59.4 Å². The fourth-order valence-electron chi connectivity index (χ4n) is 4.95. The number of pyridine rings is 1. The molecule has 2 amide bonds. The molecule has 0 aliphatic carbocycles. The minimum Gasteiger partial charge on any atom is -0.493 e. The fourth-order valence-corrected chi connectivity index (χ4v) is 4.95. The van der Waals surface area contributed by atoms with Crippen molar-refractivity contribution in [3.05, 3.63) is 60.4 Å². The predicted molar refractivity (Wildman–Crippen MR) is 118 cm³/mol. The summed E-state index contributed by atoms with van der Waals surface area (Å²) in [7, 11) is 0. The molecule has 0 radical (unpaired) electrons. The number of hydrogen-bond acceptors (Lipinski definition) is 4. The predicted octanol–water partition coefficient (Wildman–Crippen LogP) is 3.04. The van der Waals surface area contributed by atoms with Gasteiger partial charge in [0.25, 0.3) is 0 Å². The first-order chi connectivity index (χ1) is 15.1. The number of ether oxygens (including phenoxy) is 1. The Bertz CT molecular complexity index is 866. The monoisotopic (exact) mass is 421 g/mol. The zero-order valence-electron chi connectivity index (χ0n) is 18.2. The zero-order chi connectivity index (χ0) is 21.6. The Labute approximate surface area is 184 Å². The Hall–Kier alpha value is -2.89. The molecular weight excluding hydrogens is 390 g/mol. The Balaban J connectivity index is 1.33. The maximum absolute atomic E-state index is 12.7. The number of carbonyl (C=O) groups is 2. The lowest BCUT2D eigenvalue weighted by Gasteiger charge is -2.36. The molecule has 164 valence electrons. The quantitative estimate of drug-likeness (QED) is 0.719. The van der Waals surface area contributed by atoms with Gasteiger partial charge in [-0.05, 0) is 54.5 Å². The smallest absolute Gasteiger partial charge is 0.226 e. The summed E-state index contributed by atoms with van der Waals surface area (Å²) in [5, 5.41) is 0. The molecule has 2 atom stereocenters. The number of aromatic nitrogens is 1. The fraction of sp³-hybridized carbons (Fsp3) is 0.480. The van der Waals surface area contributed by atoms with E-state index < -0.39 is 0 Å². The van der Waals surface area contributed by atoms with Gasteiger partial charge in [0.05, 0.1) is 13.0 Å². The van der Waals surface area contributed by atoms with E-state index in [1.54, 1.807) is 19.3 Å². The molecule has 1 aromatic carbocycles. The third kappa shape index (κ3) is 5.43. The van der Waals surface area contributed by atoms with E-state index in [0.29, 0.717) is 30.8 Å². The van der Waals surface area contributed by atoms with Gasteiger partial charge in [0, 0.05) is 51.4 Å². The second-order valence-corrected chi connectivity index (χ2v) is 8.72. The third-order valence-corrected chi connectivity index (χ3v) is 6.75. The first-order valence-electron chi connectivity index (χ1n) is 11.2. The molecule has 31 heavy (non-hydrogen) atoms.